The predicted molar refractivity (Wildman–Crippen MR) is 114 cm³/mol. The molecule has 4 N–H and O–H groups in total. The molecule has 144 valence electrons. The van der Waals surface area contributed by atoms with E-state index in [0.717, 1.165) is 0 Å². The van der Waals surface area contributed by atoms with Gasteiger partial charge in [-0.05, 0) is 54.7 Å². The third-order valence-corrected chi connectivity index (χ3v) is 4.47. The molecule has 0 unspecified atom stereocenters. The van der Waals surface area contributed by atoms with Crippen LogP contribution in [0.2, 0.25) is 15.1 Å². The van der Waals surface area contributed by atoms with Gasteiger partial charge in [0.2, 0.25) is 0 Å². The van der Waals surface area contributed by atoms with Crippen molar-refractivity contribution in [2.24, 2.45) is 0 Å². The van der Waals surface area contributed by atoms with Crippen LogP contribution in [0.3, 0.4) is 0 Å². The van der Waals surface area contributed by atoms with E-state index in [9.17, 15) is 9.90 Å². The Hall–Kier alpha value is -2.52. The number of hydrogen-bond donors (Lipinski definition) is 4. The minimum Gasteiger partial charge on any atom is -0.504 e. The molecule has 3 rings (SSSR count). The van der Waals surface area contributed by atoms with Gasteiger partial charge in [0.05, 0.1) is 22.6 Å². The second kappa shape index (κ2) is 8.66. The second-order valence-electron chi connectivity index (χ2n) is 5.44. The highest BCUT2D eigenvalue weighted by molar-refractivity contribution is 7.80. The maximum Gasteiger partial charge on any atom is 0.294 e. The lowest BCUT2D eigenvalue weighted by Gasteiger charge is -2.12. The fourth-order valence-electron chi connectivity index (χ4n) is 2.17. The molecule has 1 amide bonds. The minimum absolute atomic E-state index is 0.0780. The second-order valence-corrected chi connectivity index (χ2v) is 7.13. The van der Waals surface area contributed by atoms with Crippen LogP contribution in [0, 0.1) is 0 Å². The number of amides is 1. The average Bonchev–Trinajstić information content (AvgIpc) is 3.04. The lowest BCUT2D eigenvalue weighted by atomic mass is 10.3. The van der Waals surface area contributed by atoms with Crippen LogP contribution in [-0.2, 0) is 0 Å². The first-order valence-electron chi connectivity index (χ1n) is 7.70. The molecule has 0 saturated heterocycles. The molecule has 7 nitrogen and oxygen atoms in total. The van der Waals surface area contributed by atoms with Crippen LogP contribution >= 0.6 is 47.0 Å². The lowest BCUT2D eigenvalue weighted by molar-refractivity contribution is 0.0936. The van der Waals surface area contributed by atoms with Crippen LogP contribution in [0.25, 0.3) is 5.69 Å². The molecule has 0 fully saturated rings. The molecule has 0 atom stereocenters. The number of aromatic hydroxyl groups is 1. The Morgan fingerprint density at radius 1 is 1.04 bits per heavy atom. The summed E-state index contributed by atoms with van der Waals surface area (Å²) in [6, 6.07) is 11.6. The number of hydrazine groups is 1. The van der Waals surface area contributed by atoms with Gasteiger partial charge in [0.15, 0.2) is 16.6 Å². The van der Waals surface area contributed by atoms with E-state index in [2.05, 4.69) is 21.3 Å². The van der Waals surface area contributed by atoms with Crippen LogP contribution in [-0.4, -0.2) is 25.9 Å². The van der Waals surface area contributed by atoms with Gasteiger partial charge in [0, 0.05) is 10.0 Å². The number of nitrogens with one attached hydrogen (secondary N) is 3. The lowest BCUT2D eigenvalue weighted by Crippen LogP contribution is -2.44. The maximum absolute atomic E-state index is 12.3. The van der Waals surface area contributed by atoms with Gasteiger partial charge in [-0.25, -0.2) is 4.68 Å². The fourth-order valence-corrected chi connectivity index (χ4v) is 2.91. The van der Waals surface area contributed by atoms with Crippen LogP contribution in [0.4, 0.5) is 5.69 Å². The number of carbonyl (C=O) groups is 1. The first-order valence-corrected chi connectivity index (χ1v) is 9.24. The Kier molecular flexibility index (Phi) is 6.25. The Morgan fingerprint density at radius 2 is 1.71 bits per heavy atom. The highest BCUT2D eigenvalue weighted by atomic mass is 35.5. The zero-order valence-corrected chi connectivity index (χ0v) is 17.0. The standard InChI is InChI=1S/C17H12Cl3N5O2S/c18-9-1-4-11(5-2-9)25-8-14(26)15(24-25)16(27)22-23-17(28)21-13-6-3-10(19)7-12(13)20/h1-8,26H,(H,22,27)(H2,21,23,28). The maximum atomic E-state index is 12.3. The summed E-state index contributed by atoms with van der Waals surface area (Å²) in [5.74, 6) is -0.981. The molecule has 0 bridgehead atoms. The zero-order chi connectivity index (χ0) is 20.3. The van der Waals surface area contributed by atoms with Gasteiger partial charge in [0.25, 0.3) is 5.91 Å². The van der Waals surface area contributed by atoms with E-state index in [1.54, 1.807) is 42.5 Å². The van der Waals surface area contributed by atoms with Gasteiger partial charge in [-0.15, -0.1) is 0 Å². The molecule has 0 spiro atoms. The van der Waals surface area contributed by atoms with Gasteiger partial charge >= 0.3 is 0 Å². The number of benzene rings is 2. The van der Waals surface area contributed by atoms with Crippen molar-refractivity contribution in [1.82, 2.24) is 20.6 Å². The summed E-state index contributed by atoms with van der Waals surface area (Å²) in [4.78, 5) is 12.3. The summed E-state index contributed by atoms with van der Waals surface area (Å²) in [7, 11) is 0. The number of nitrogens with zero attached hydrogens (tertiary/aromatic N) is 2. The van der Waals surface area contributed by atoms with E-state index in [1.165, 1.54) is 10.9 Å². The Morgan fingerprint density at radius 3 is 2.39 bits per heavy atom. The van der Waals surface area contributed by atoms with E-state index in [1.807, 2.05) is 0 Å². The molecule has 0 aliphatic carbocycles. The SMILES string of the molecule is O=C(NNC(=S)Nc1ccc(Cl)cc1Cl)c1nn(-c2ccc(Cl)cc2)cc1O. The predicted octanol–water partition coefficient (Wildman–Crippen LogP) is 4.17. The van der Waals surface area contributed by atoms with E-state index in [0.29, 0.717) is 26.4 Å². The Labute approximate surface area is 180 Å². The number of halogens is 3. The highest BCUT2D eigenvalue weighted by Gasteiger charge is 2.17. The molecule has 0 aliphatic heterocycles. The largest absolute Gasteiger partial charge is 0.504 e. The smallest absolute Gasteiger partial charge is 0.294 e. The van der Waals surface area contributed by atoms with Crippen molar-refractivity contribution >= 4 is 63.7 Å². The number of carbonyl (C=O) groups excluding carboxylic acids is 1. The van der Waals surface area contributed by atoms with Crippen LogP contribution in [0.15, 0.2) is 48.7 Å². The fraction of sp³-hybridized carbons (Fsp3) is 0. The summed E-state index contributed by atoms with van der Waals surface area (Å²) in [6.07, 6.45) is 1.31. The summed E-state index contributed by atoms with van der Waals surface area (Å²) < 4.78 is 1.35. The van der Waals surface area contributed by atoms with Gasteiger partial charge < -0.3 is 10.4 Å². The molecule has 0 aliphatic rings. The first kappa shape index (κ1) is 20.2. The molecule has 28 heavy (non-hydrogen) atoms. The van der Waals surface area contributed by atoms with Gasteiger partial charge in [-0.3, -0.25) is 15.6 Å². The monoisotopic (exact) mass is 455 g/mol. The van der Waals surface area contributed by atoms with E-state index < -0.39 is 5.91 Å². The van der Waals surface area contributed by atoms with Crippen molar-refractivity contribution in [2.45, 2.75) is 0 Å². The van der Waals surface area contributed by atoms with E-state index in [4.69, 9.17) is 47.0 Å². The Balaban J connectivity index is 1.63. The van der Waals surface area contributed by atoms with Crippen molar-refractivity contribution in [3.05, 3.63) is 69.4 Å². The van der Waals surface area contributed by atoms with Crippen molar-refractivity contribution < 1.29 is 9.90 Å². The number of anilines is 1. The molecule has 2 aromatic carbocycles. The minimum atomic E-state index is -0.684. The average molecular weight is 457 g/mol. The van der Waals surface area contributed by atoms with Gasteiger partial charge in [-0.2, -0.15) is 5.10 Å². The molecule has 0 radical (unpaired) electrons. The quantitative estimate of drug-likeness (QED) is 0.349. The first-order chi connectivity index (χ1) is 13.3. The molecule has 1 heterocycles. The summed E-state index contributed by atoms with van der Waals surface area (Å²) in [5, 5.41) is 18.4. The van der Waals surface area contributed by atoms with Crippen molar-refractivity contribution in [3.63, 3.8) is 0 Å². The number of hydrogen-bond acceptors (Lipinski definition) is 4. The summed E-state index contributed by atoms with van der Waals surface area (Å²) in [5.41, 5.74) is 5.80. The number of rotatable bonds is 3. The van der Waals surface area contributed by atoms with E-state index >= 15 is 0 Å². The van der Waals surface area contributed by atoms with Crippen molar-refractivity contribution in [3.8, 4) is 11.4 Å². The van der Waals surface area contributed by atoms with Crippen LogP contribution in [0.1, 0.15) is 10.5 Å². The van der Waals surface area contributed by atoms with Crippen LogP contribution in [0.5, 0.6) is 5.75 Å². The topological polar surface area (TPSA) is 91.2 Å². The summed E-state index contributed by atoms with van der Waals surface area (Å²) >= 11 is 22.8. The number of thiocarbonyl (C=S) groups is 1. The number of aromatic nitrogens is 2. The molecule has 3 aromatic rings. The van der Waals surface area contributed by atoms with Gasteiger partial charge in [0.1, 0.15) is 0 Å². The molecular formula is C17H12Cl3N5O2S. The Bertz CT molecular complexity index is 1040. The third-order valence-electron chi connectivity index (χ3n) is 3.47. The van der Waals surface area contributed by atoms with Gasteiger partial charge in [-0.1, -0.05) is 34.8 Å². The highest BCUT2D eigenvalue weighted by Crippen LogP contribution is 2.25. The summed E-state index contributed by atoms with van der Waals surface area (Å²) in [6.45, 7) is 0. The van der Waals surface area contributed by atoms with Crippen molar-refractivity contribution in [1.29, 1.82) is 0 Å². The third kappa shape index (κ3) is 4.85. The van der Waals surface area contributed by atoms with Crippen LogP contribution < -0.4 is 16.2 Å². The normalized spacial score (nSPS) is 10.4. The van der Waals surface area contributed by atoms with Crippen molar-refractivity contribution in [2.75, 3.05) is 5.32 Å². The molecule has 0 saturated carbocycles. The molecule has 11 heteroatoms. The zero-order valence-electron chi connectivity index (χ0n) is 13.9. The van der Waals surface area contributed by atoms with E-state index in [-0.39, 0.29) is 16.6 Å². The molecular weight excluding hydrogens is 445 g/mol. The molecule has 1 aromatic heterocycles.